The van der Waals surface area contributed by atoms with Crippen LogP contribution < -0.4 is 0 Å². The Morgan fingerprint density at radius 2 is 2.00 bits per heavy atom. The molecule has 2 heteroatoms. The van der Waals surface area contributed by atoms with Gasteiger partial charge in [-0.1, -0.05) is 5.92 Å². The molecule has 0 saturated carbocycles. The van der Waals surface area contributed by atoms with E-state index in [1.165, 1.54) is 0 Å². The van der Waals surface area contributed by atoms with Crippen molar-refractivity contribution in [3.8, 4) is 12.3 Å². The Morgan fingerprint density at radius 1 is 1.36 bits per heavy atom. The zero-order valence-corrected chi connectivity index (χ0v) is 7.52. The summed E-state index contributed by atoms with van der Waals surface area (Å²) >= 11 is 0. The van der Waals surface area contributed by atoms with E-state index >= 15 is 0 Å². The molecular weight excluding hydrogens is 140 g/mol. The van der Waals surface area contributed by atoms with Gasteiger partial charge in [-0.15, -0.1) is 6.42 Å². The minimum atomic E-state index is -0.461. The second kappa shape index (κ2) is 5.17. The Labute approximate surface area is 68.9 Å². The first-order valence-electron chi connectivity index (χ1n) is 3.82. The third-order valence-corrected chi connectivity index (χ3v) is 1.24. The predicted molar refractivity (Wildman–Crippen MR) is 45.4 cm³/mol. The molecule has 0 saturated heterocycles. The number of hydrogen-bond donors (Lipinski definition) is 0. The fourth-order valence-corrected chi connectivity index (χ4v) is 0.542. The first-order valence-corrected chi connectivity index (χ1v) is 3.82. The Bertz CT molecular complexity index is 133. The predicted octanol–water partition coefficient (Wildman–Crippen LogP) is 1.45. The van der Waals surface area contributed by atoms with Gasteiger partial charge < -0.3 is 9.47 Å². The van der Waals surface area contributed by atoms with E-state index in [9.17, 15) is 0 Å². The molecule has 0 aliphatic heterocycles. The maximum atomic E-state index is 5.32. The summed E-state index contributed by atoms with van der Waals surface area (Å²) in [5, 5.41) is 0. The van der Waals surface area contributed by atoms with Gasteiger partial charge in [0.1, 0.15) is 5.60 Å². The van der Waals surface area contributed by atoms with E-state index in [0.717, 1.165) is 6.61 Å². The quantitative estimate of drug-likeness (QED) is 0.443. The van der Waals surface area contributed by atoms with Crippen LogP contribution >= 0.6 is 0 Å². The van der Waals surface area contributed by atoms with E-state index in [4.69, 9.17) is 15.9 Å². The summed E-state index contributed by atoms with van der Waals surface area (Å²) < 4.78 is 10.4. The normalized spacial score (nSPS) is 11.1. The van der Waals surface area contributed by atoms with E-state index in [-0.39, 0.29) is 0 Å². The van der Waals surface area contributed by atoms with Crippen molar-refractivity contribution >= 4 is 0 Å². The number of hydrogen-bond acceptors (Lipinski definition) is 2. The largest absolute Gasteiger partial charge is 0.379 e. The topological polar surface area (TPSA) is 18.5 Å². The van der Waals surface area contributed by atoms with E-state index in [1.807, 2.05) is 20.8 Å². The number of terminal acetylenes is 1. The lowest BCUT2D eigenvalue weighted by molar-refractivity contribution is -0.0111. The summed E-state index contributed by atoms with van der Waals surface area (Å²) in [6.45, 7) is 7.57. The van der Waals surface area contributed by atoms with Crippen molar-refractivity contribution in [1.29, 1.82) is 0 Å². The van der Waals surface area contributed by atoms with Crippen LogP contribution in [0.2, 0.25) is 0 Å². The molecule has 0 aromatic rings. The maximum Gasteiger partial charge on any atom is 0.122 e. The van der Waals surface area contributed by atoms with Gasteiger partial charge in [0.25, 0.3) is 0 Å². The minimum absolute atomic E-state index is 0.461. The molecule has 0 aromatic carbocycles. The fourth-order valence-electron chi connectivity index (χ4n) is 0.542. The SMILES string of the molecule is C#CC(C)(C)OCCOCC. The van der Waals surface area contributed by atoms with Crippen LogP contribution in [-0.2, 0) is 9.47 Å². The molecule has 0 heterocycles. The molecule has 0 fully saturated rings. The first-order chi connectivity index (χ1) is 5.12. The van der Waals surface area contributed by atoms with Gasteiger partial charge in [0.2, 0.25) is 0 Å². The highest BCUT2D eigenvalue weighted by Crippen LogP contribution is 2.05. The molecule has 0 aliphatic carbocycles. The highest BCUT2D eigenvalue weighted by atomic mass is 16.5. The molecular formula is C9H16O2. The van der Waals surface area contributed by atoms with Crippen molar-refractivity contribution in [1.82, 2.24) is 0 Å². The van der Waals surface area contributed by atoms with Crippen LogP contribution in [0.1, 0.15) is 20.8 Å². The zero-order chi connectivity index (χ0) is 8.74. The molecule has 2 nitrogen and oxygen atoms in total. The van der Waals surface area contributed by atoms with Crippen LogP contribution in [0.3, 0.4) is 0 Å². The Morgan fingerprint density at radius 3 is 2.45 bits per heavy atom. The van der Waals surface area contributed by atoms with Crippen LogP contribution in [0.25, 0.3) is 0 Å². The second-order valence-corrected chi connectivity index (χ2v) is 2.70. The van der Waals surface area contributed by atoms with E-state index in [2.05, 4.69) is 5.92 Å². The van der Waals surface area contributed by atoms with E-state index in [1.54, 1.807) is 0 Å². The van der Waals surface area contributed by atoms with Gasteiger partial charge in [0, 0.05) is 6.61 Å². The molecule has 0 amide bonds. The summed E-state index contributed by atoms with van der Waals surface area (Å²) in [4.78, 5) is 0. The third kappa shape index (κ3) is 5.90. The molecule has 0 radical (unpaired) electrons. The van der Waals surface area contributed by atoms with Crippen molar-refractivity contribution in [2.24, 2.45) is 0 Å². The molecule has 0 aliphatic rings. The van der Waals surface area contributed by atoms with Crippen LogP contribution in [-0.4, -0.2) is 25.4 Å². The minimum Gasteiger partial charge on any atom is -0.379 e. The van der Waals surface area contributed by atoms with Gasteiger partial charge in [0.05, 0.1) is 13.2 Å². The maximum absolute atomic E-state index is 5.32. The molecule has 11 heavy (non-hydrogen) atoms. The molecule has 0 bridgehead atoms. The molecule has 0 spiro atoms. The first kappa shape index (κ1) is 10.5. The van der Waals surface area contributed by atoms with Gasteiger partial charge >= 0.3 is 0 Å². The Kier molecular flexibility index (Phi) is 4.93. The summed E-state index contributed by atoms with van der Waals surface area (Å²) in [5.74, 6) is 2.54. The standard InChI is InChI=1S/C9H16O2/c1-5-9(3,4)11-8-7-10-6-2/h1H,6-8H2,2-4H3. The summed E-state index contributed by atoms with van der Waals surface area (Å²) in [7, 11) is 0. The lowest BCUT2D eigenvalue weighted by Crippen LogP contribution is -2.23. The van der Waals surface area contributed by atoms with Crippen molar-refractivity contribution in [2.75, 3.05) is 19.8 Å². The summed E-state index contributed by atoms with van der Waals surface area (Å²) in [6, 6.07) is 0. The monoisotopic (exact) mass is 156 g/mol. The molecule has 0 atom stereocenters. The zero-order valence-electron chi connectivity index (χ0n) is 7.52. The van der Waals surface area contributed by atoms with E-state index < -0.39 is 5.60 Å². The van der Waals surface area contributed by atoms with Crippen molar-refractivity contribution in [3.63, 3.8) is 0 Å². The molecule has 0 aromatic heterocycles. The van der Waals surface area contributed by atoms with Crippen molar-refractivity contribution in [2.45, 2.75) is 26.4 Å². The van der Waals surface area contributed by atoms with Crippen molar-refractivity contribution in [3.05, 3.63) is 0 Å². The van der Waals surface area contributed by atoms with Crippen molar-refractivity contribution < 1.29 is 9.47 Å². The van der Waals surface area contributed by atoms with Crippen LogP contribution in [0.4, 0.5) is 0 Å². The molecule has 64 valence electrons. The van der Waals surface area contributed by atoms with Gasteiger partial charge in [-0.05, 0) is 20.8 Å². The number of rotatable bonds is 5. The Hall–Kier alpha value is -0.520. The molecule has 0 N–H and O–H groups in total. The van der Waals surface area contributed by atoms with Gasteiger partial charge in [-0.2, -0.15) is 0 Å². The van der Waals surface area contributed by atoms with Crippen LogP contribution in [0, 0.1) is 12.3 Å². The molecule has 0 unspecified atom stereocenters. The number of ether oxygens (including phenoxy) is 2. The van der Waals surface area contributed by atoms with Gasteiger partial charge in [0.15, 0.2) is 0 Å². The third-order valence-electron chi connectivity index (χ3n) is 1.24. The Balaban J connectivity index is 3.32. The van der Waals surface area contributed by atoms with Gasteiger partial charge in [-0.3, -0.25) is 0 Å². The average molecular weight is 156 g/mol. The fraction of sp³-hybridized carbons (Fsp3) is 0.778. The highest BCUT2D eigenvalue weighted by molar-refractivity contribution is 5.02. The lowest BCUT2D eigenvalue weighted by atomic mass is 10.1. The smallest absolute Gasteiger partial charge is 0.122 e. The molecule has 0 rings (SSSR count). The summed E-state index contributed by atoms with van der Waals surface area (Å²) in [6.07, 6.45) is 5.21. The van der Waals surface area contributed by atoms with E-state index in [0.29, 0.717) is 13.2 Å². The lowest BCUT2D eigenvalue weighted by Gasteiger charge is -2.17. The highest BCUT2D eigenvalue weighted by Gasteiger charge is 2.12. The summed E-state index contributed by atoms with van der Waals surface area (Å²) in [5.41, 5.74) is -0.461. The van der Waals surface area contributed by atoms with Gasteiger partial charge in [-0.25, -0.2) is 0 Å². The van der Waals surface area contributed by atoms with Crippen LogP contribution in [0.5, 0.6) is 0 Å². The average Bonchev–Trinajstić information content (AvgIpc) is 1.99. The second-order valence-electron chi connectivity index (χ2n) is 2.70. The van der Waals surface area contributed by atoms with Crippen LogP contribution in [0.15, 0.2) is 0 Å².